The molecule has 88 valence electrons. The fraction of sp³-hybridized carbons (Fsp3) is 0.0769. The molecule has 17 heavy (non-hydrogen) atoms. The first-order valence-corrected chi connectivity index (χ1v) is 5.50. The minimum atomic E-state index is -0.414. The highest BCUT2D eigenvalue weighted by Crippen LogP contribution is 2.30. The zero-order chi connectivity index (χ0) is 12.4. The maximum atomic E-state index is 13.3. The number of hydrogen-bond acceptors (Lipinski definition) is 2. The molecule has 0 atom stereocenters. The number of nitrogen functional groups attached to an aromatic ring is 1. The average molecular weight is 251 g/mol. The molecule has 0 aliphatic rings. The molecule has 0 unspecified atom stereocenters. The van der Waals surface area contributed by atoms with Crippen molar-refractivity contribution >= 4 is 28.7 Å². The summed E-state index contributed by atoms with van der Waals surface area (Å²) in [5.74, 6) is -0.414. The fourth-order valence-corrected chi connectivity index (χ4v) is 1.75. The van der Waals surface area contributed by atoms with E-state index in [2.05, 4.69) is 0 Å². The Morgan fingerprint density at radius 2 is 1.76 bits per heavy atom. The van der Waals surface area contributed by atoms with Crippen molar-refractivity contribution in [2.24, 2.45) is 0 Å². The van der Waals surface area contributed by atoms with E-state index < -0.39 is 5.82 Å². The predicted octanol–water partition coefficient (Wildman–Crippen LogP) is 3.83. The van der Waals surface area contributed by atoms with Crippen molar-refractivity contribution < 1.29 is 4.39 Å². The number of para-hydroxylation sites is 1. The Kier molecular flexibility index (Phi) is 3.20. The summed E-state index contributed by atoms with van der Waals surface area (Å²) >= 11 is 5.82. The van der Waals surface area contributed by atoms with Gasteiger partial charge in [0.25, 0.3) is 0 Å². The molecule has 0 amide bonds. The molecule has 2 nitrogen and oxygen atoms in total. The molecule has 0 saturated heterocycles. The summed E-state index contributed by atoms with van der Waals surface area (Å²) in [5, 5.41) is 0.661. The minimum Gasteiger partial charge on any atom is -0.395 e. The van der Waals surface area contributed by atoms with E-state index in [9.17, 15) is 4.39 Å². The molecule has 0 heterocycles. The minimum absolute atomic E-state index is 0.143. The van der Waals surface area contributed by atoms with E-state index in [0.717, 1.165) is 5.69 Å². The normalized spacial score (nSPS) is 10.3. The van der Waals surface area contributed by atoms with Gasteiger partial charge in [-0.3, -0.25) is 0 Å². The van der Waals surface area contributed by atoms with E-state index in [0.29, 0.717) is 10.7 Å². The Balaban J connectivity index is 2.40. The van der Waals surface area contributed by atoms with E-state index in [1.807, 2.05) is 24.1 Å². The van der Waals surface area contributed by atoms with Gasteiger partial charge in [0.15, 0.2) is 0 Å². The van der Waals surface area contributed by atoms with Crippen LogP contribution in [0.4, 0.5) is 21.5 Å². The molecule has 0 bridgehead atoms. The van der Waals surface area contributed by atoms with Crippen LogP contribution in [0.15, 0.2) is 42.5 Å². The van der Waals surface area contributed by atoms with E-state index in [4.69, 9.17) is 17.3 Å². The molecule has 0 saturated carbocycles. The van der Waals surface area contributed by atoms with E-state index in [1.165, 1.54) is 6.07 Å². The van der Waals surface area contributed by atoms with Gasteiger partial charge in [0.05, 0.1) is 11.4 Å². The zero-order valence-corrected chi connectivity index (χ0v) is 10.1. The topological polar surface area (TPSA) is 29.3 Å². The van der Waals surface area contributed by atoms with Gasteiger partial charge in [-0.1, -0.05) is 17.7 Å². The van der Waals surface area contributed by atoms with Crippen LogP contribution >= 0.6 is 11.6 Å². The maximum absolute atomic E-state index is 13.3. The van der Waals surface area contributed by atoms with Gasteiger partial charge in [0.1, 0.15) is 5.82 Å². The largest absolute Gasteiger partial charge is 0.395 e. The Bertz CT molecular complexity index is 525. The van der Waals surface area contributed by atoms with Crippen LogP contribution in [0.2, 0.25) is 5.02 Å². The van der Waals surface area contributed by atoms with Crippen LogP contribution in [-0.2, 0) is 0 Å². The summed E-state index contributed by atoms with van der Waals surface area (Å²) in [6.07, 6.45) is 0. The van der Waals surface area contributed by atoms with E-state index in [-0.39, 0.29) is 5.69 Å². The Morgan fingerprint density at radius 3 is 2.41 bits per heavy atom. The predicted molar refractivity (Wildman–Crippen MR) is 70.3 cm³/mol. The van der Waals surface area contributed by atoms with E-state index in [1.54, 1.807) is 24.3 Å². The highest BCUT2D eigenvalue weighted by atomic mass is 35.5. The number of rotatable bonds is 2. The second-order valence-electron chi connectivity index (χ2n) is 3.71. The molecular formula is C13H12ClFN2. The van der Waals surface area contributed by atoms with Crippen molar-refractivity contribution in [3.05, 3.63) is 53.3 Å². The molecule has 2 aromatic carbocycles. The van der Waals surface area contributed by atoms with Crippen molar-refractivity contribution in [2.75, 3.05) is 17.7 Å². The molecule has 0 radical (unpaired) electrons. The van der Waals surface area contributed by atoms with Crippen LogP contribution in [0.3, 0.4) is 0 Å². The Morgan fingerprint density at radius 1 is 1.12 bits per heavy atom. The van der Waals surface area contributed by atoms with Crippen molar-refractivity contribution in [1.29, 1.82) is 0 Å². The Labute approximate surface area is 104 Å². The van der Waals surface area contributed by atoms with Crippen molar-refractivity contribution in [1.82, 2.24) is 0 Å². The molecule has 0 aliphatic carbocycles. The monoisotopic (exact) mass is 250 g/mol. The first kappa shape index (κ1) is 11.7. The molecular weight excluding hydrogens is 239 g/mol. The van der Waals surface area contributed by atoms with Crippen LogP contribution in [0, 0.1) is 5.82 Å². The molecule has 0 aliphatic heterocycles. The van der Waals surface area contributed by atoms with Gasteiger partial charge in [-0.15, -0.1) is 0 Å². The molecule has 0 aromatic heterocycles. The van der Waals surface area contributed by atoms with Gasteiger partial charge in [-0.05, 0) is 36.4 Å². The van der Waals surface area contributed by atoms with Crippen molar-refractivity contribution in [2.45, 2.75) is 0 Å². The van der Waals surface area contributed by atoms with Gasteiger partial charge in [0.2, 0.25) is 0 Å². The van der Waals surface area contributed by atoms with Crippen molar-refractivity contribution in [3.63, 3.8) is 0 Å². The van der Waals surface area contributed by atoms with Crippen LogP contribution in [0.5, 0.6) is 0 Å². The number of benzene rings is 2. The number of anilines is 3. The summed E-state index contributed by atoms with van der Waals surface area (Å²) in [7, 11) is 1.83. The van der Waals surface area contributed by atoms with Crippen LogP contribution < -0.4 is 10.6 Å². The molecule has 0 fully saturated rings. The highest BCUT2D eigenvalue weighted by Gasteiger charge is 2.10. The maximum Gasteiger partial charge on any atom is 0.148 e. The van der Waals surface area contributed by atoms with Gasteiger partial charge < -0.3 is 10.6 Å². The quantitative estimate of drug-likeness (QED) is 0.821. The third-order valence-corrected chi connectivity index (χ3v) is 2.86. The lowest BCUT2D eigenvalue weighted by Gasteiger charge is -2.21. The van der Waals surface area contributed by atoms with Gasteiger partial charge in [0, 0.05) is 17.8 Å². The van der Waals surface area contributed by atoms with Gasteiger partial charge >= 0.3 is 0 Å². The number of nitrogens with zero attached hydrogens (tertiary/aromatic N) is 1. The smallest absolute Gasteiger partial charge is 0.148 e. The lowest BCUT2D eigenvalue weighted by Crippen LogP contribution is -2.12. The average Bonchev–Trinajstić information content (AvgIpc) is 2.33. The number of hydrogen-bond donors (Lipinski definition) is 1. The van der Waals surface area contributed by atoms with Crippen molar-refractivity contribution in [3.8, 4) is 0 Å². The van der Waals surface area contributed by atoms with Crippen LogP contribution in [-0.4, -0.2) is 7.05 Å². The molecule has 4 heteroatoms. The summed E-state index contributed by atoms with van der Waals surface area (Å²) in [6.45, 7) is 0. The molecule has 2 N–H and O–H groups in total. The number of halogens is 2. The fourth-order valence-electron chi connectivity index (χ4n) is 1.62. The number of nitrogens with two attached hydrogens (primary N) is 1. The second-order valence-corrected chi connectivity index (χ2v) is 4.14. The molecule has 2 aromatic rings. The standard InChI is InChI=1S/C13H12ClFN2/c1-17(10-7-5-9(14)6-8-10)12-4-2-3-11(15)13(12)16/h2-8H,16H2,1H3. The summed E-state index contributed by atoms with van der Waals surface area (Å²) < 4.78 is 13.3. The molecule has 2 rings (SSSR count). The lowest BCUT2D eigenvalue weighted by atomic mass is 10.2. The van der Waals surface area contributed by atoms with Crippen LogP contribution in [0.25, 0.3) is 0 Å². The lowest BCUT2D eigenvalue weighted by molar-refractivity contribution is 0.632. The first-order valence-electron chi connectivity index (χ1n) is 5.13. The second kappa shape index (κ2) is 4.63. The van der Waals surface area contributed by atoms with Gasteiger partial charge in [-0.25, -0.2) is 4.39 Å². The SMILES string of the molecule is CN(c1ccc(Cl)cc1)c1cccc(F)c1N. The van der Waals surface area contributed by atoms with Crippen LogP contribution in [0.1, 0.15) is 0 Å². The third kappa shape index (κ3) is 2.34. The first-order chi connectivity index (χ1) is 8.09. The Hall–Kier alpha value is -1.74. The summed E-state index contributed by atoms with van der Waals surface area (Å²) in [6, 6.07) is 12.0. The zero-order valence-electron chi connectivity index (χ0n) is 9.32. The highest BCUT2D eigenvalue weighted by molar-refractivity contribution is 6.30. The summed E-state index contributed by atoms with van der Waals surface area (Å²) in [5.41, 5.74) is 7.38. The summed E-state index contributed by atoms with van der Waals surface area (Å²) in [4.78, 5) is 1.81. The third-order valence-electron chi connectivity index (χ3n) is 2.61. The van der Waals surface area contributed by atoms with E-state index >= 15 is 0 Å². The molecule has 0 spiro atoms. The van der Waals surface area contributed by atoms with Gasteiger partial charge in [-0.2, -0.15) is 0 Å².